The van der Waals surface area contributed by atoms with Crippen LogP contribution in [-0.4, -0.2) is 16.1 Å². The molecule has 0 fully saturated rings. The van der Waals surface area contributed by atoms with E-state index in [9.17, 15) is 4.39 Å². The molecule has 0 amide bonds. The summed E-state index contributed by atoms with van der Waals surface area (Å²) in [6.07, 6.45) is 5.01. The van der Waals surface area contributed by atoms with Crippen molar-refractivity contribution in [2.45, 2.75) is 33.4 Å². The lowest BCUT2D eigenvalue weighted by molar-refractivity contribution is 0.626. The van der Waals surface area contributed by atoms with Crippen molar-refractivity contribution >= 4 is 29.0 Å². The van der Waals surface area contributed by atoms with Gasteiger partial charge in [-0.1, -0.05) is 36.4 Å². The van der Waals surface area contributed by atoms with Gasteiger partial charge in [0.1, 0.15) is 5.82 Å². The molecule has 1 aliphatic rings. The molecule has 30 heavy (non-hydrogen) atoms. The summed E-state index contributed by atoms with van der Waals surface area (Å²) >= 11 is 0. The largest absolute Gasteiger partial charge is 0.364 e. The Balaban J connectivity index is 0.00000218. The van der Waals surface area contributed by atoms with Gasteiger partial charge >= 0.3 is 0 Å². The molecule has 2 aromatic carbocycles. The third-order valence-electron chi connectivity index (χ3n) is 6.24. The molecular formula is C25H25ClFN3. The van der Waals surface area contributed by atoms with Crippen molar-refractivity contribution < 1.29 is 4.39 Å². The summed E-state index contributed by atoms with van der Waals surface area (Å²) in [5, 5.41) is 1.20. The minimum absolute atomic E-state index is 0. The van der Waals surface area contributed by atoms with Crippen LogP contribution in [0.3, 0.4) is 0 Å². The van der Waals surface area contributed by atoms with Crippen LogP contribution in [0.5, 0.6) is 0 Å². The lowest BCUT2D eigenvalue weighted by Crippen LogP contribution is -2.30. The van der Waals surface area contributed by atoms with E-state index in [0.29, 0.717) is 0 Å². The number of hydrogen-bond donors (Lipinski definition) is 0. The fraction of sp³-hybridized carbons (Fsp3) is 0.240. The molecule has 5 rings (SSSR count). The fourth-order valence-corrected chi connectivity index (χ4v) is 4.47. The molecule has 0 unspecified atom stereocenters. The number of fused-ring (bicyclic) bond motifs is 2. The normalized spacial score (nSPS) is 13.2. The molecule has 0 saturated carbocycles. The number of aromatic nitrogens is 2. The first-order chi connectivity index (χ1) is 14.1. The average molecular weight is 422 g/mol. The van der Waals surface area contributed by atoms with Crippen LogP contribution in [0, 0.1) is 19.7 Å². The zero-order valence-electron chi connectivity index (χ0n) is 17.2. The van der Waals surface area contributed by atoms with Crippen LogP contribution in [0.2, 0.25) is 0 Å². The number of pyridine rings is 1. The molecule has 3 nitrogen and oxygen atoms in total. The van der Waals surface area contributed by atoms with Crippen molar-refractivity contribution in [3.05, 3.63) is 94.7 Å². The highest BCUT2D eigenvalue weighted by atomic mass is 35.5. The maximum absolute atomic E-state index is 13.4. The van der Waals surface area contributed by atoms with E-state index >= 15 is 0 Å². The van der Waals surface area contributed by atoms with Gasteiger partial charge in [0.05, 0.1) is 17.4 Å². The van der Waals surface area contributed by atoms with Crippen LogP contribution in [0.15, 0.2) is 60.9 Å². The van der Waals surface area contributed by atoms with Gasteiger partial charge in [-0.05, 0) is 54.7 Å². The summed E-state index contributed by atoms with van der Waals surface area (Å²) in [6, 6.07) is 15.5. The van der Waals surface area contributed by atoms with Crippen LogP contribution in [-0.2, 0) is 19.5 Å². The summed E-state index contributed by atoms with van der Waals surface area (Å²) in [7, 11) is 0. The van der Waals surface area contributed by atoms with Gasteiger partial charge in [-0.15, -0.1) is 12.4 Å². The fourth-order valence-electron chi connectivity index (χ4n) is 4.47. The van der Waals surface area contributed by atoms with E-state index in [-0.39, 0.29) is 18.2 Å². The molecule has 0 bridgehead atoms. The number of benzene rings is 2. The Morgan fingerprint density at radius 2 is 1.70 bits per heavy atom. The van der Waals surface area contributed by atoms with Gasteiger partial charge in [0.25, 0.3) is 0 Å². The minimum atomic E-state index is -0.198. The Hall–Kier alpha value is -2.85. The molecule has 0 aliphatic carbocycles. The van der Waals surface area contributed by atoms with Crippen molar-refractivity contribution in [2.75, 3.05) is 11.4 Å². The summed E-state index contributed by atoms with van der Waals surface area (Å²) < 4.78 is 15.7. The smallest absolute Gasteiger partial charge is 0.123 e. The molecule has 0 N–H and O–H groups in total. The first-order valence-electron chi connectivity index (χ1n) is 10.1. The van der Waals surface area contributed by atoms with Crippen LogP contribution in [0.1, 0.15) is 27.9 Å². The summed E-state index contributed by atoms with van der Waals surface area (Å²) in [4.78, 5) is 7.02. The molecule has 2 aromatic heterocycles. The van der Waals surface area contributed by atoms with E-state index in [0.717, 1.165) is 31.6 Å². The lowest BCUT2D eigenvalue weighted by atomic mass is 9.99. The Kier molecular flexibility index (Phi) is 5.52. The molecule has 0 spiro atoms. The van der Waals surface area contributed by atoms with Gasteiger partial charge in [-0.3, -0.25) is 4.98 Å². The molecule has 4 aromatic rings. The van der Waals surface area contributed by atoms with E-state index in [1.54, 1.807) is 0 Å². The second-order valence-electron chi connectivity index (χ2n) is 7.92. The molecule has 0 radical (unpaired) electrons. The second kappa shape index (κ2) is 8.11. The summed E-state index contributed by atoms with van der Waals surface area (Å²) in [5.74, 6) is -0.198. The third kappa shape index (κ3) is 3.46. The Labute approximate surface area is 182 Å². The summed E-state index contributed by atoms with van der Waals surface area (Å²) in [6.45, 7) is 6.93. The highest BCUT2D eigenvalue weighted by Gasteiger charge is 2.22. The van der Waals surface area contributed by atoms with Gasteiger partial charge < -0.3 is 9.47 Å². The zero-order chi connectivity index (χ0) is 20.0. The Morgan fingerprint density at radius 3 is 2.47 bits per heavy atom. The predicted molar refractivity (Wildman–Crippen MR) is 123 cm³/mol. The summed E-state index contributed by atoms with van der Waals surface area (Å²) in [5.41, 5.74) is 8.82. The highest BCUT2D eigenvalue weighted by molar-refractivity contribution is 5.94. The molecule has 5 heteroatoms. The van der Waals surface area contributed by atoms with Crippen molar-refractivity contribution in [1.29, 1.82) is 0 Å². The molecule has 0 saturated heterocycles. The zero-order valence-corrected chi connectivity index (χ0v) is 18.0. The topological polar surface area (TPSA) is 21.1 Å². The SMILES string of the molecule is Cc1c(C)n(Cc2ccc(F)cc2)c2c(N3CCc4ccccc4C3)cncc12.Cl. The first-order valence-corrected chi connectivity index (χ1v) is 10.1. The third-order valence-corrected chi connectivity index (χ3v) is 6.24. The average Bonchev–Trinajstić information content (AvgIpc) is 3.00. The highest BCUT2D eigenvalue weighted by Crippen LogP contribution is 2.35. The van der Waals surface area contributed by atoms with E-state index in [2.05, 4.69) is 52.6 Å². The number of anilines is 1. The number of nitrogens with zero attached hydrogens (tertiary/aromatic N) is 3. The molecule has 1 aliphatic heterocycles. The number of rotatable bonds is 3. The molecular weight excluding hydrogens is 397 g/mol. The lowest BCUT2D eigenvalue weighted by Gasteiger charge is -2.31. The van der Waals surface area contributed by atoms with E-state index in [1.807, 2.05) is 24.5 Å². The number of halogens is 2. The van der Waals surface area contributed by atoms with Crippen molar-refractivity contribution in [3.8, 4) is 0 Å². The van der Waals surface area contributed by atoms with Crippen molar-refractivity contribution in [1.82, 2.24) is 9.55 Å². The van der Waals surface area contributed by atoms with Gasteiger partial charge in [0.2, 0.25) is 0 Å². The Morgan fingerprint density at radius 1 is 0.967 bits per heavy atom. The van der Waals surface area contributed by atoms with Crippen LogP contribution >= 0.6 is 12.4 Å². The molecule has 154 valence electrons. The van der Waals surface area contributed by atoms with E-state index < -0.39 is 0 Å². The van der Waals surface area contributed by atoms with Crippen LogP contribution in [0.4, 0.5) is 10.1 Å². The van der Waals surface area contributed by atoms with Crippen molar-refractivity contribution in [2.24, 2.45) is 0 Å². The number of aryl methyl sites for hydroxylation is 1. The van der Waals surface area contributed by atoms with E-state index in [4.69, 9.17) is 0 Å². The minimum Gasteiger partial charge on any atom is -0.364 e. The number of hydrogen-bond acceptors (Lipinski definition) is 2. The van der Waals surface area contributed by atoms with Gasteiger partial charge in [0.15, 0.2) is 0 Å². The first kappa shape index (κ1) is 20.4. The van der Waals surface area contributed by atoms with Crippen LogP contribution in [0.25, 0.3) is 10.9 Å². The monoisotopic (exact) mass is 421 g/mol. The molecule has 0 atom stereocenters. The van der Waals surface area contributed by atoms with Crippen molar-refractivity contribution in [3.63, 3.8) is 0 Å². The van der Waals surface area contributed by atoms with Gasteiger partial charge in [0, 0.05) is 36.9 Å². The quantitative estimate of drug-likeness (QED) is 0.415. The van der Waals surface area contributed by atoms with Gasteiger partial charge in [-0.25, -0.2) is 4.39 Å². The maximum Gasteiger partial charge on any atom is 0.123 e. The second-order valence-corrected chi connectivity index (χ2v) is 7.92. The molecule has 3 heterocycles. The Bertz CT molecular complexity index is 1200. The van der Waals surface area contributed by atoms with E-state index in [1.165, 1.54) is 51.1 Å². The predicted octanol–water partition coefficient (Wildman–Crippen LogP) is 5.83. The van der Waals surface area contributed by atoms with Gasteiger partial charge in [-0.2, -0.15) is 0 Å². The maximum atomic E-state index is 13.4. The van der Waals surface area contributed by atoms with Crippen LogP contribution < -0.4 is 4.90 Å². The standard InChI is InChI=1S/C25H24FN3.ClH/c1-17-18(2)29(15-19-7-9-22(26)10-8-19)25-23(17)13-27-14-24(25)28-12-11-20-5-3-4-6-21(20)16-28;/h3-10,13-14H,11-12,15-16H2,1-2H3;1H.